The van der Waals surface area contributed by atoms with Gasteiger partial charge < -0.3 is 4.90 Å². The fraction of sp³-hybridized carbons (Fsp3) is 0.400. The third kappa shape index (κ3) is 2.71. The van der Waals surface area contributed by atoms with Gasteiger partial charge in [-0.3, -0.25) is 9.89 Å². The topological polar surface area (TPSA) is 61.9 Å². The summed E-state index contributed by atoms with van der Waals surface area (Å²) >= 11 is 0. The molecule has 0 unspecified atom stereocenters. The molecule has 1 aliphatic carbocycles. The maximum Gasteiger partial charge on any atom is 0.293 e. The minimum absolute atomic E-state index is 0.145. The van der Waals surface area contributed by atoms with Gasteiger partial charge in [0, 0.05) is 19.5 Å². The van der Waals surface area contributed by atoms with E-state index in [0.717, 1.165) is 24.2 Å². The van der Waals surface area contributed by atoms with Crippen molar-refractivity contribution in [2.45, 2.75) is 32.2 Å². The van der Waals surface area contributed by atoms with Crippen LogP contribution in [0.25, 0.3) is 0 Å². The highest BCUT2D eigenvalue weighted by Crippen LogP contribution is 2.37. The van der Waals surface area contributed by atoms with Crippen LogP contribution in [0.4, 0.5) is 0 Å². The Kier molecular flexibility index (Phi) is 3.26. The van der Waals surface area contributed by atoms with E-state index in [4.69, 9.17) is 0 Å². The van der Waals surface area contributed by atoms with Crippen molar-refractivity contribution in [3.63, 3.8) is 0 Å². The summed E-state index contributed by atoms with van der Waals surface area (Å²) < 4.78 is 0. The number of aromatic nitrogens is 3. The van der Waals surface area contributed by atoms with Crippen LogP contribution < -0.4 is 0 Å². The molecule has 1 aliphatic rings. The normalized spacial score (nSPS) is 14.3. The molecule has 2 aromatic rings. The number of H-pyrrole nitrogens is 1. The molecule has 5 heteroatoms. The van der Waals surface area contributed by atoms with Crippen LogP contribution in [0.5, 0.6) is 0 Å². The number of hydrogen-bond donors (Lipinski definition) is 1. The zero-order chi connectivity index (χ0) is 14.1. The Bertz CT molecular complexity index is 613. The van der Waals surface area contributed by atoms with Crippen LogP contribution in [0.15, 0.2) is 24.3 Å². The Morgan fingerprint density at radius 2 is 2.05 bits per heavy atom. The largest absolute Gasteiger partial charge is 0.335 e. The summed E-state index contributed by atoms with van der Waals surface area (Å²) in [5, 5.41) is 6.89. The first-order chi connectivity index (χ1) is 9.63. The lowest BCUT2D eigenvalue weighted by Crippen LogP contribution is -2.27. The summed E-state index contributed by atoms with van der Waals surface area (Å²) in [5.74, 6) is 1.44. The predicted molar refractivity (Wildman–Crippen MR) is 75.3 cm³/mol. The molecule has 1 N–H and O–H groups in total. The Morgan fingerprint density at radius 3 is 2.70 bits per heavy atom. The van der Waals surface area contributed by atoms with Gasteiger partial charge in [0.2, 0.25) is 5.82 Å². The molecule has 0 aliphatic heterocycles. The number of hydrogen-bond acceptors (Lipinski definition) is 3. The van der Waals surface area contributed by atoms with Crippen molar-refractivity contribution in [1.82, 2.24) is 20.1 Å². The van der Waals surface area contributed by atoms with Crippen LogP contribution in [-0.4, -0.2) is 33.0 Å². The van der Waals surface area contributed by atoms with Crippen LogP contribution >= 0.6 is 0 Å². The van der Waals surface area contributed by atoms with E-state index >= 15 is 0 Å². The molecule has 20 heavy (non-hydrogen) atoms. The van der Waals surface area contributed by atoms with Crippen molar-refractivity contribution in [1.29, 1.82) is 0 Å². The number of carbonyl (C=O) groups excluding carboxylic acids is 1. The molecule has 0 bridgehead atoms. The number of benzene rings is 1. The van der Waals surface area contributed by atoms with Crippen molar-refractivity contribution in [2.24, 2.45) is 0 Å². The first-order valence-electron chi connectivity index (χ1n) is 6.87. The first-order valence-corrected chi connectivity index (χ1v) is 6.87. The molecule has 0 saturated heterocycles. The second-order valence-electron chi connectivity index (χ2n) is 5.47. The number of amides is 1. The van der Waals surface area contributed by atoms with E-state index in [2.05, 4.69) is 15.2 Å². The second kappa shape index (κ2) is 5.07. The summed E-state index contributed by atoms with van der Waals surface area (Å²) in [6.07, 6.45) is 2.28. The van der Waals surface area contributed by atoms with Crippen LogP contribution in [0.2, 0.25) is 0 Å². The van der Waals surface area contributed by atoms with E-state index in [1.54, 1.807) is 11.9 Å². The molecular weight excluding hydrogens is 252 g/mol. The van der Waals surface area contributed by atoms with E-state index in [0.29, 0.717) is 12.5 Å². The van der Waals surface area contributed by atoms with Crippen molar-refractivity contribution >= 4 is 5.91 Å². The van der Waals surface area contributed by atoms with Crippen LogP contribution in [0.3, 0.4) is 0 Å². The van der Waals surface area contributed by atoms with Crippen LogP contribution in [0, 0.1) is 6.92 Å². The fourth-order valence-electron chi connectivity index (χ4n) is 2.12. The molecule has 5 nitrogen and oxygen atoms in total. The average Bonchev–Trinajstić information content (AvgIpc) is 3.18. The molecular formula is C15H18N4O. The molecule has 0 radical (unpaired) electrons. The van der Waals surface area contributed by atoms with E-state index in [-0.39, 0.29) is 11.7 Å². The Morgan fingerprint density at radius 1 is 1.35 bits per heavy atom. The van der Waals surface area contributed by atoms with Gasteiger partial charge >= 0.3 is 0 Å². The molecule has 0 spiro atoms. The van der Waals surface area contributed by atoms with E-state index in [1.165, 1.54) is 5.56 Å². The monoisotopic (exact) mass is 270 g/mol. The smallest absolute Gasteiger partial charge is 0.293 e. The zero-order valence-electron chi connectivity index (χ0n) is 11.8. The van der Waals surface area contributed by atoms with Crippen molar-refractivity contribution in [3.8, 4) is 0 Å². The van der Waals surface area contributed by atoms with Gasteiger partial charge in [0.1, 0.15) is 5.82 Å². The van der Waals surface area contributed by atoms with E-state index in [9.17, 15) is 4.79 Å². The summed E-state index contributed by atoms with van der Waals surface area (Å²) in [4.78, 5) is 18.2. The highest BCUT2D eigenvalue weighted by molar-refractivity contribution is 5.90. The van der Waals surface area contributed by atoms with Gasteiger partial charge in [-0.1, -0.05) is 29.8 Å². The molecule has 1 heterocycles. The van der Waals surface area contributed by atoms with Gasteiger partial charge in [-0.2, -0.15) is 0 Å². The molecule has 0 atom stereocenters. The standard InChI is InChI=1S/C15H18N4O/c1-10-3-5-11(6-4-10)9-19(2)15(20)14-16-13(17-18-14)12-7-8-12/h3-6,12H,7-9H2,1-2H3,(H,16,17,18). The van der Waals surface area contributed by atoms with Crippen LogP contribution in [0.1, 0.15) is 46.3 Å². The van der Waals surface area contributed by atoms with Gasteiger partial charge in [0.15, 0.2) is 0 Å². The zero-order valence-corrected chi connectivity index (χ0v) is 11.8. The Balaban J connectivity index is 1.67. The summed E-state index contributed by atoms with van der Waals surface area (Å²) in [6.45, 7) is 2.61. The summed E-state index contributed by atoms with van der Waals surface area (Å²) in [5.41, 5.74) is 2.31. The average molecular weight is 270 g/mol. The Hall–Kier alpha value is -2.17. The molecule has 104 valence electrons. The highest BCUT2D eigenvalue weighted by Gasteiger charge is 2.28. The van der Waals surface area contributed by atoms with E-state index < -0.39 is 0 Å². The number of rotatable bonds is 4. The summed E-state index contributed by atoms with van der Waals surface area (Å²) in [7, 11) is 1.77. The van der Waals surface area contributed by atoms with Gasteiger partial charge in [0.05, 0.1) is 0 Å². The maximum atomic E-state index is 12.3. The van der Waals surface area contributed by atoms with Crippen molar-refractivity contribution in [2.75, 3.05) is 7.05 Å². The number of carbonyl (C=O) groups is 1. The SMILES string of the molecule is Cc1ccc(CN(C)C(=O)c2n[nH]c(C3CC3)n2)cc1. The molecule has 1 fully saturated rings. The fourth-order valence-corrected chi connectivity index (χ4v) is 2.12. The van der Waals surface area contributed by atoms with Crippen LogP contribution in [-0.2, 0) is 6.54 Å². The predicted octanol–water partition coefficient (Wildman–Crippen LogP) is 2.26. The maximum absolute atomic E-state index is 12.3. The van der Waals surface area contributed by atoms with Gasteiger partial charge in [-0.15, -0.1) is 5.10 Å². The Labute approximate surface area is 118 Å². The molecule has 1 saturated carbocycles. The molecule has 3 rings (SSSR count). The summed E-state index contributed by atoms with van der Waals surface area (Å²) in [6, 6.07) is 8.16. The molecule has 1 amide bonds. The number of nitrogens with one attached hydrogen (secondary N) is 1. The number of aromatic amines is 1. The van der Waals surface area contributed by atoms with Gasteiger partial charge in [-0.05, 0) is 25.3 Å². The molecule has 1 aromatic carbocycles. The molecule has 1 aromatic heterocycles. The lowest BCUT2D eigenvalue weighted by molar-refractivity contribution is 0.0773. The lowest BCUT2D eigenvalue weighted by Gasteiger charge is -2.15. The van der Waals surface area contributed by atoms with Gasteiger partial charge in [-0.25, -0.2) is 4.98 Å². The van der Waals surface area contributed by atoms with Gasteiger partial charge in [0.25, 0.3) is 5.91 Å². The second-order valence-corrected chi connectivity index (χ2v) is 5.47. The first kappa shape index (κ1) is 12.8. The third-order valence-corrected chi connectivity index (χ3v) is 3.55. The number of aryl methyl sites for hydroxylation is 1. The number of nitrogens with zero attached hydrogens (tertiary/aromatic N) is 3. The minimum Gasteiger partial charge on any atom is -0.335 e. The quantitative estimate of drug-likeness (QED) is 0.927. The third-order valence-electron chi connectivity index (χ3n) is 3.55. The van der Waals surface area contributed by atoms with Crippen molar-refractivity contribution < 1.29 is 4.79 Å². The highest BCUT2D eigenvalue weighted by atomic mass is 16.2. The van der Waals surface area contributed by atoms with Crippen molar-refractivity contribution in [3.05, 3.63) is 47.0 Å². The van der Waals surface area contributed by atoms with E-state index in [1.807, 2.05) is 31.2 Å². The minimum atomic E-state index is -0.145. The lowest BCUT2D eigenvalue weighted by atomic mass is 10.1.